The highest BCUT2D eigenvalue weighted by Crippen LogP contribution is 2.32. The molecule has 2 unspecified atom stereocenters. The van der Waals surface area contributed by atoms with Gasteiger partial charge in [-0.25, -0.2) is 0 Å². The molecule has 2 atom stereocenters. The Bertz CT molecular complexity index is 1050. The molecule has 1 aliphatic heterocycles. The molecule has 0 radical (unpaired) electrons. The monoisotopic (exact) mass is 463 g/mol. The average Bonchev–Trinajstić information content (AvgIpc) is 3.28. The lowest BCUT2D eigenvalue weighted by molar-refractivity contribution is -0.0483. The fourth-order valence-electron chi connectivity index (χ4n) is 4.53. The number of ether oxygens (including phenoxy) is 1. The van der Waals surface area contributed by atoms with Crippen molar-refractivity contribution in [2.45, 2.75) is 37.1 Å². The Morgan fingerprint density at radius 2 is 1.74 bits per heavy atom. The molecule has 4 rings (SSSR count). The number of carbonyl (C=O) groups is 1. The Labute approximate surface area is 200 Å². The summed E-state index contributed by atoms with van der Waals surface area (Å²) in [6, 6.07) is 18.8. The number of rotatable bonds is 10. The van der Waals surface area contributed by atoms with Crippen molar-refractivity contribution in [3.05, 3.63) is 89.7 Å². The average molecular weight is 464 g/mol. The number of likely N-dealkylation sites (tertiary alicyclic amines) is 1. The van der Waals surface area contributed by atoms with Gasteiger partial charge in [0.05, 0.1) is 24.5 Å². The zero-order chi connectivity index (χ0) is 24.0. The van der Waals surface area contributed by atoms with Crippen molar-refractivity contribution in [2.75, 3.05) is 26.2 Å². The van der Waals surface area contributed by atoms with Crippen LogP contribution >= 0.6 is 0 Å². The number of hydrogen-bond acceptors (Lipinski definition) is 6. The van der Waals surface area contributed by atoms with E-state index in [1.165, 1.54) is 0 Å². The minimum atomic E-state index is -0.823. The lowest BCUT2D eigenvalue weighted by atomic mass is 9.84. The van der Waals surface area contributed by atoms with Gasteiger partial charge in [-0.2, -0.15) is 5.10 Å². The first-order valence-corrected chi connectivity index (χ1v) is 11.8. The van der Waals surface area contributed by atoms with Crippen LogP contribution in [0.15, 0.2) is 73.1 Å². The first kappa shape index (κ1) is 24.3. The molecule has 0 amide bonds. The molecule has 0 bridgehead atoms. The number of aromatic nitrogens is 2. The molecule has 0 saturated carbocycles. The number of aryl methyl sites for hydroxylation is 1. The number of β-amino-alcohol motifs (C(OH)–C–C–N with tert-alkyl or cyclic N) is 1. The maximum Gasteiger partial charge on any atom is 0.191 e. The Kier molecular flexibility index (Phi) is 7.90. The van der Waals surface area contributed by atoms with Crippen LogP contribution in [0.4, 0.5) is 0 Å². The van der Waals surface area contributed by atoms with Gasteiger partial charge in [-0.1, -0.05) is 60.7 Å². The third kappa shape index (κ3) is 6.18. The summed E-state index contributed by atoms with van der Waals surface area (Å²) in [5.74, 6) is -0.109. The van der Waals surface area contributed by atoms with E-state index in [2.05, 4.69) is 10.00 Å². The van der Waals surface area contributed by atoms with Crippen LogP contribution in [0.1, 0.15) is 34.3 Å². The number of hydrogen-bond donors (Lipinski definition) is 2. The Morgan fingerprint density at radius 1 is 1.09 bits per heavy atom. The largest absolute Gasteiger partial charge is 0.389 e. The van der Waals surface area contributed by atoms with E-state index < -0.39 is 17.8 Å². The van der Waals surface area contributed by atoms with Gasteiger partial charge in [-0.15, -0.1) is 0 Å². The van der Waals surface area contributed by atoms with Gasteiger partial charge in [0.25, 0.3) is 0 Å². The van der Waals surface area contributed by atoms with Gasteiger partial charge >= 0.3 is 0 Å². The SMILES string of the molecule is Cn1cc(CC(OCC(O)CN2CCC(O)(c3ccccc3)CC2)C(=O)c2ccccc2)cn1. The number of Topliss-reactive ketones (excluding diaryl/α,β-unsaturated/α-hetero) is 1. The predicted molar refractivity (Wildman–Crippen MR) is 129 cm³/mol. The minimum absolute atomic E-state index is 0.0585. The van der Waals surface area contributed by atoms with E-state index in [0.29, 0.717) is 44.5 Å². The summed E-state index contributed by atoms with van der Waals surface area (Å²) in [6.45, 7) is 1.86. The zero-order valence-electron chi connectivity index (χ0n) is 19.6. The fraction of sp³-hybridized carbons (Fsp3) is 0.407. The van der Waals surface area contributed by atoms with Crippen molar-refractivity contribution in [3.63, 3.8) is 0 Å². The highest BCUT2D eigenvalue weighted by atomic mass is 16.5. The first-order valence-electron chi connectivity index (χ1n) is 11.8. The second-order valence-electron chi connectivity index (χ2n) is 9.13. The van der Waals surface area contributed by atoms with E-state index in [4.69, 9.17) is 4.74 Å². The van der Waals surface area contributed by atoms with Gasteiger partial charge in [0.15, 0.2) is 5.78 Å². The highest BCUT2D eigenvalue weighted by Gasteiger charge is 2.34. The van der Waals surface area contributed by atoms with E-state index in [-0.39, 0.29) is 12.4 Å². The molecule has 2 heterocycles. The predicted octanol–water partition coefficient (Wildman–Crippen LogP) is 2.58. The molecule has 34 heavy (non-hydrogen) atoms. The molecule has 1 fully saturated rings. The standard InChI is InChI=1S/C27H33N3O4/c1-29-18-21(17-28-29)16-25(26(32)22-8-4-2-5-9-22)34-20-24(31)19-30-14-12-27(33,13-15-30)23-10-6-3-7-11-23/h2-11,17-18,24-25,31,33H,12-16,19-20H2,1H3. The van der Waals surface area contributed by atoms with E-state index in [0.717, 1.165) is 11.1 Å². The van der Waals surface area contributed by atoms with Crippen molar-refractivity contribution in [1.82, 2.24) is 14.7 Å². The molecule has 180 valence electrons. The third-order valence-electron chi connectivity index (χ3n) is 6.48. The Hall–Kier alpha value is -2.84. The van der Waals surface area contributed by atoms with Gasteiger partial charge in [-0.3, -0.25) is 9.48 Å². The van der Waals surface area contributed by atoms with Crippen LogP contribution < -0.4 is 0 Å². The quantitative estimate of drug-likeness (QED) is 0.450. The van der Waals surface area contributed by atoms with E-state index in [1.807, 2.05) is 61.8 Å². The number of ketones is 1. The summed E-state index contributed by atoms with van der Waals surface area (Å²) in [5, 5.41) is 25.9. The van der Waals surface area contributed by atoms with Gasteiger partial charge in [0.1, 0.15) is 6.10 Å². The Morgan fingerprint density at radius 3 is 2.35 bits per heavy atom. The maximum absolute atomic E-state index is 13.1. The number of benzene rings is 2. The summed E-state index contributed by atoms with van der Waals surface area (Å²) in [5.41, 5.74) is 1.61. The van der Waals surface area contributed by atoms with Gasteiger partial charge in [0.2, 0.25) is 0 Å². The topological polar surface area (TPSA) is 87.8 Å². The maximum atomic E-state index is 13.1. The normalized spacial score (nSPS) is 17.9. The lowest BCUT2D eigenvalue weighted by Gasteiger charge is -2.39. The number of piperidine rings is 1. The lowest BCUT2D eigenvalue weighted by Crippen LogP contribution is -2.46. The Balaban J connectivity index is 1.32. The number of aliphatic hydroxyl groups is 2. The van der Waals surface area contributed by atoms with Crippen LogP contribution in [-0.2, 0) is 23.8 Å². The summed E-state index contributed by atoms with van der Waals surface area (Å²) < 4.78 is 7.67. The zero-order valence-corrected chi connectivity index (χ0v) is 19.6. The molecule has 1 aromatic heterocycles. The van der Waals surface area contributed by atoms with Crippen molar-refractivity contribution in [3.8, 4) is 0 Å². The van der Waals surface area contributed by atoms with Gasteiger partial charge < -0.3 is 19.8 Å². The molecule has 0 aliphatic carbocycles. The van der Waals surface area contributed by atoms with E-state index in [9.17, 15) is 15.0 Å². The molecular weight excluding hydrogens is 430 g/mol. The van der Waals surface area contributed by atoms with Gasteiger partial charge in [0, 0.05) is 44.9 Å². The summed E-state index contributed by atoms with van der Waals surface area (Å²) in [6.07, 6.45) is 3.77. The first-order chi connectivity index (χ1) is 16.4. The fourth-order valence-corrected chi connectivity index (χ4v) is 4.53. The smallest absolute Gasteiger partial charge is 0.191 e. The van der Waals surface area contributed by atoms with Crippen molar-refractivity contribution in [2.24, 2.45) is 7.05 Å². The second-order valence-corrected chi connectivity index (χ2v) is 9.13. The van der Waals surface area contributed by atoms with Crippen molar-refractivity contribution in [1.29, 1.82) is 0 Å². The molecule has 2 N–H and O–H groups in total. The van der Waals surface area contributed by atoms with Gasteiger partial charge in [-0.05, 0) is 24.0 Å². The number of aliphatic hydroxyl groups excluding tert-OH is 1. The van der Waals surface area contributed by atoms with Crippen LogP contribution in [0.5, 0.6) is 0 Å². The molecule has 1 aliphatic rings. The second kappa shape index (κ2) is 11.1. The minimum Gasteiger partial charge on any atom is -0.389 e. The number of nitrogens with zero attached hydrogens (tertiary/aromatic N) is 3. The molecule has 1 saturated heterocycles. The molecular formula is C27H33N3O4. The van der Waals surface area contributed by atoms with Crippen molar-refractivity contribution >= 4 is 5.78 Å². The molecule has 2 aromatic carbocycles. The molecule has 7 heteroatoms. The number of carbonyl (C=O) groups excluding carboxylic acids is 1. The van der Waals surface area contributed by atoms with Crippen LogP contribution in [0, 0.1) is 0 Å². The summed E-state index contributed by atoms with van der Waals surface area (Å²) in [7, 11) is 1.83. The third-order valence-corrected chi connectivity index (χ3v) is 6.48. The van der Waals surface area contributed by atoms with Crippen molar-refractivity contribution < 1.29 is 19.7 Å². The van der Waals surface area contributed by atoms with Crippen LogP contribution in [0.3, 0.4) is 0 Å². The highest BCUT2D eigenvalue weighted by molar-refractivity contribution is 5.99. The summed E-state index contributed by atoms with van der Waals surface area (Å²) in [4.78, 5) is 15.2. The van der Waals surface area contributed by atoms with E-state index in [1.54, 1.807) is 23.0 Å². The molecule has 0 spiro atoms. The molecule has 7 nitrogen and oxygen atoms in total. The molecule has 3 aromatic rings. The van der Waals surface area contributed by atoms with Crippen LogP contribution in [0.2, 0.25) is 0 Å². The van der Waals surface area contributed by atoms with Crippen LogP contribution in [0.25, 0.3) is 0 Å². The van der Waals surface area contributed by atoms with E-state index >= 15 is 0 Å². The van der Waals surface area contributed by atoms with Crippen LogP contribution in [-0.4, -0.2) is 69.1 Å². The summed E-state index contributed by atoms with van der Waals surface area (Å²) >= 11 is 0.